The summed E-state index contributed by atoms with van der Waals surface area (Å²) in [6.07, 6.45) is -0.477. The number of Topliss-reactive ketones (excluding diaryl/α,β-unsaturated/α-hetero) is 1. The minimum atomic E-state index is -1.37. The molecule has 0 saturated carbocycles. The Morgan fingerprint density at radius 3 is 1.67 bits per heavy atom. The van der Waals surface area contributed by atoms with E-state index in [-0.39, 0.29) is 16.9 Å². The number of ether oxygens (including phenoxy) is 4. The van der Waals surface area contributed by atoms with Crippen molar-refractivity contribution in [3.63, 3.8) is 0 Å². The van der Waals surface area contributed by atoms with Crippen LogP contribution in [0.4, 0.5) is 9.59 Å². The molecule has 0 amide bonds. The van der Waals surface area contributed by atoms with Gasteiger partial charge >= 0.3 is 28.5 Å². The number of thioether (sulfide) groups is 2. The average molecular weight is 579 g/mol. The molecule has 208 valence electrons. The van der Waals surface area contributed by atoms with Crippen molar-refractivity contribution in [1.29, 1.82) is 0 Å². The van der Waals surface area contributed by atoms with E-state index in [9.17, 15) is 33.9 Å². The van der Waals surface area contributed by atoms with Gasteiger partial charge in [-0.05, 0) is 61.6 Å². The summed E-state index contributed by atoms with van der Waals surface area (Å²) < 4.78 is 17.9. The molecule has 11 nitrogen and oxygen atoms in total. The first kappa shape index (κ1) is 31.4. The third-order valence-corrected chi connectivity index (χ3v) is 6.89. The maximum absolute atomic E-state index is 12.7. The fourth-order valence-electron chi connectivity index (χ4n) is 2.77. The molecular weight excluding hydrogens is 552 g/mol. The number of carbonyl (C=O) groups is 6. The first-order valence-corrected chi connectivity index (χ1v) is 13.2. The highest BCUT2D eigenvalue weighted by Crippen LogP contribution is 2.30. The van der Waals surface area contributed by atoms with E-state index in [1.54, 1.807) is 36.4 Å². The van der Waals surface area contributed by atoms with Gasteiger partial charge in [0.1, 0.15) is 5.78 Å². The number of carbonyl (C=O) groups excluding carboxylic acids is 5. The quantitative estimate of drug-likeness (QED) is 0.255. The Morgan fingerprint density at radius 2 is 1.21 bits per heavy atom. The van der Waals surface area contributed by atoms with Crippen molar-refractivity contribution in [2.45, 2.75) is 25.0 Å². The smallest absolute Gasteiger partial charge is 0.371 e. The van der Waals surface area contributed by atoms with Gasteiger partial charge in [0, 0.05) is 12.2 Å². The molecule has 2 rings (SSSR count). The Bertz CT molecular complexity index is 1170. The number of hydrogen-bond donors (Lipinski definition) is 1. The zero-order chi connectivity index (χ0) is 28.8. The Morgan fingerprint density at radius 1 is 0.744 bits per heavy atom. The van der Waals surface area contributed by atoms with E-state index in [0.29, 0.717) is 23.5 Å². The molecule has 0 bridgehead atoms. The van der Waals surface area contributed by atoms with Gasteiger partial charge in [0.25, 0.3) is 0 Å². The van der Waals surface area contributed by atoms with Crippen LogP contribution in [0.1, 0.15) is 41.0 Å². The molecule has 1 atom stereocenters. The number of aliphatic carboxylic acids is 1. The molecule has 0 unspecified atom stereocenters. The van der Waals surface area contributed by atoms with Crippen LogP contribution < -0.4 is 0 Å². The Balaban J connectivity index is 1.74. The molecule has 39 heavy (non-hydrogen) atoms. The molecule has 0 aromatic heterocycles. The van der Waals surface area contributed by atoms with Crippen LogP contribution >= 0.6 is 23.5 Å². The summed E-state index contributed by atoms with van der Waals surface area (Å²) in [7, 11) is 0. The molecule has 2 aromatic rings. The maximum atomic E-state index is 12.7. The summed E-state index contributed by atoms with van der Waals surface area (Å²) in [6.45, 7) is 1.50. The van der Waals surface area contributed by atoms with Gasteiger partial charge in [-0.3, -0.25) is 9.59 Å². The summed E-state index contributed by atoms with van der Waals surface area (Å²) in [4.78, 5) is 72.2. The lowest BCUT2D eigenvalue weighted by atomic mass is 9.97. The number of ketones is 1. The van der Waals surface area contributed by atoms with Crippen LogP contribution in [0.15, 0.2) is 60.7 Å². The molecular formula is C26H26O11S2. The molecule has 0 fully saturated rings. The van der Waals surface area contributed by atoms with Gasteiger partial charge in [0.05, 0.1) is 21.8 Å². The number of hydrogen-bond acceptors (Lipinski definition) is 12. The number of rotatable bonds is 13. The molecule has 0 aliphatic heterocycles. The van der Waals surface area contributed by atoms with Crippen molar-refractivity contribution in [3.8, 4) is 0 Å². The van der Waals surface area contributed by atoms with Crippen LogP contribution in [0.5, 0.6) is 0 Å². The zero-order valence-corrected chi connectivity index (χ0v) is 22.7. The van der Waals surface area contributed by atoms with Gasteiger partial charge in [-0.2, -0.15) is 0 Å². The van der Waals surface area contributed by atoms with Crippen LogP contribution in [-0.4, -0.2) is 63.5 Å². The van der Waals surface area contributed by atoms with Crippen molar-refractivity contribution < 1.29 is 52.8 Å². The Kier molecular flexibility index (Phi) is 12.5. The molecule has 0 heterocycles. The van der Waals surface area contributed by atoms with E-state index in [4.69, 9.17) is 18.9 Å². The van der Waals surface area contributed by atoms with E-state index < -0.39 is 65.0 Å². The molecule has 1 N–H and O–H groups in total. The van der Waals surface area contributed by atoms with E-state index in [2.05, 4.69) is 0 Å². The first-order valence-electron chi connectivity index (χ1n) is 11.4. The average Bonchev–Trinajstić information content (AvgIpc) is 2.91. The third kappa shape index (κ3) is 11.2. The number of benzene rings is 2. The van der Waals surface area contributed by atoms with Crippen molar-refractivity contribution in [3.05, 3.63) is 71.8 Å². The standard InChI is InChI=1S/C26H26O11S2/c1-26(2,39-25(33)37-16-35-23(31)18-11-7-4-8-12-18)20(27)13-19(21(28)29)14-38-24(32)36-15-34-22(30)17-9-5-3-6-10-17/h3-12,19H,13-16H2,1-2H3,(H,28,29)/t19-/m0/s1. The Hall–Kier alpha value is -3.84. The van der Waals surface area contributed by atoms with Crippen LogP contribution in [0.3, 0.4) is 0 Å². The molecule has 0 spiro atoms. The minimum absolute atomic E-state index is 0.267. The summed E-state index contributed by atoms with van der Waals surface area (Å²) in [5, 5.41) is 7.69. The van der Waals surface area contributed by atoms with Gasteiger partial charge < -0.3 is 24.1 Å². The van der Waals surface area contributed by atoms with E-state index in [0.717, 1.165) is 0 Å². The van der Waals surface area contributed by atoms with E-state index in [1.165, 1.54) is 38.1 Å². The van der Waals surface area contributed by atoms with Crippen LogP contribution in [-0.2, 0) is 28.5 Å². The van der Waals surface area contributed by atoms with Crippen molar-refractivity contribution in [1.82, 2.24) is 0 Å². The van der Waals surface area contributed by atoms with Crippen molar-refractivity contribution >= 4 is 57.8 Å². The molecule has 0 aliphatic carbocycles. The summed E-state index contributed by atoms with van der Waals surface area (Å²) in [5.41, 5.74) is 0.537. The Labute approximate surface area is 232 Å². The predicted octanol–water partition coefficient (Wildman–Crippen LogP) is 4.79. The van der Waals surface area contributed by atoms with Gasteiger partial charge in [0.15, 0.2) is 0 Å². The van der Waals surface area contributed by atoms with Gasteiger partial charge in [-0.1, -0.05) is 36.4 Å². The lowest BCUT2D eigenvalue weighted by Crippen LogP contribution is -2.34. The second kappa shape index (κ2) is 15.5. The molecule has 0 radical (unpaired) electrons. The van der Waals surface area contributed by atoms with Gasteiger partial charge in [-0.15, -0.1) is 0 Å². The lowest BCUT2D eigenvalue weighted by Gasteiger charge is -2.22. The summed E-state index contributed by atoms with van der Waals surface area (Å²) in [5.74, 6) is -4.86. The fraction of sp³-hybridized carbons (Fsp3) is 0.308. The third-order valence-electron chi connectivity index (χ3n) is 4.95. The minimum Gasteiger partial charge on any atom is -0.481 e. The SMILES string of the molecule is CC(C)(SC(=O)OCOC(=O)c1ccccc1)C(=O)C[C@@H](CSC(=O)OCOC(=O)c1ccccc1)C(=O)O. The first-order chi connectivity index (χ1) is 18.5. The monoisotopic (exact) mass is 578 g/mol. The summed E-state index contributed by atoms with van der Waals surface area (Å²) in [6, 6.07) is 16.1. The van der Waals surface area contributed by atoms with Crippen molar-refractivity contribution in [2.75, 3.05) is 19.3 Å². The number of esters is 2. The second-order valence-electron chi connectivity index (χ2n) is 8.21. The van der Waals surface area contributed by atoms with Crippen LogP contribution in [0, 0.1) is 5.92 Å². The van der Waals surface area contributed by atoms with Gasteiger partial charge in [-0.25, -0.2) is 19.2 Å². The normalized spacial score (nSPS) is 11.5. The van der Waals surface area contributed by atoms with Gasteiger partial charge in [0.2, 0.25) is 13.6 Å². The second-order valence-corrected chi connectivity index (χ2v) is 10.7. The van der Waals surface area contributed by atoms with E-state index >= 15 is 0 Å². The van der Waals surface area contributed by atoms with Crippen LogP contribution in [0.25, 0.3) is 0 Å². The van der Waals surface area contributed by atoms with Crippen LogP contribution in [0.2, 0.25) is 0 Å². The molecule has 0 saturated heterocycles. The summed E-state index contributed by atoms with van der Waals surface area (Å²) >= 11 is 1.01. The lowest BCUT2D eigenvalue weighted by molar-refractivity contribution is -0.143. The number of carboxylic acid groups (broad SMARTS) is 1. The highest BCUT2D eigenvalue weighted by atomic mass is 32.2. The predicted molar refractivity (Wildman–Crippen MR) is 141 cm³/mol. The van der Waals surface area contributed by atoms with Crippen molar-refractivity contribution in [2.24, 2.45) is 5.92 Å². The maximum Gasteiger partial charge on any atom is 0.371 e. The number of carboxylic acids is 1. The molecule has 0 aliphatic rings. The zero-order valence-electron chi connectivity index (χ0n) is 21.0. The van der Waals surface area contributed by atoms with E-state index in [1.807, 2.05) is 0 Å². The molecule has 13 heteroatoms. The fourth-order valence-corrected chi connectivity index (χ4v) is 4.22. The molecule has 2 aromatic carbocycles. The largest absolute Gasteiger partial charge is 0.481 e. The highest BCUT2D eigenvalue weighted by molar-refractivity contribution is 8.15. The topological polar surface area (TPSA) is 160 Å². The highest BCUT2D eigenvalue weighted by Gasteiger charge is 2.35.